The summed E-state index contributed by atoms with van der Waals surface area (Å²) in [5.74, 6) is -0.0139. The van der Waals surface area contributed by atoms with Crippen molar-refractivity contribution in [3.8, 4) is 12.1 Å². The maximum Gasteiger partial charge on any atom is 0.162 e. The van der Waals surface area contributed by atoms with Crippen molar-refractivity contribution in [1.29, 1.82) is 10.5 Å². The second-order valence-electron chi connectivity index (χ2n) is 9.50. The van der Waals surface area contributed by atoms with Gasteiger partial charge in [-0.2, -0.15) is 10.5 Å². The molecule has 1 aliphatic heterocycles. The number of allylic oxidation sites excluding steroid dienone is 3. The maximum atomic E-state index is 13.5. The van der Waals surface area contributed by atoms with E-state index in [1.165, 1.54) is 16.2 Å². The van der Waals surface area contributed by atoms with Crippen LogP contribution in [0.15, 0.2) is 40.2 Å². The number of carbonyl (C=O) groups is 1. The van der Waals surface area contributed by atoms with E-state index in [1.807, 2.05) is 22.4 Å². The average molecular weight is 461 g/mol. The van der Waals surface area contributed by atoms with E-state index < -0.39 is 5.92 Å². The largest absolute Gasteiger partial charge is 0.384 e. The molecule has 7 heteroatoms. The lowest BCUT2D eigenvalue weighted by Crippen LogP contribution is -2.42. The second kappa shape index (κ2) is 7.62. The molecule has 32 heavy (non-hydrogen) atoms. The molecule has 5 rings (SSSR count). The molecular weight excluding hydrogens is 436 g/mol. The molecule has 2 aromatic heterocycles. The number of thiophene rings is 2. The summed E-state index contributed by atoms with van der Waals surface area (Å²) in [6, 6.07) is 8.65. The van der Waals surface area contributed by atoms with Crippen molar-refractivity contribution in [3.63, 3.8) is 0 Å². The van der Waals surface area contributed by atoms with Crippen LogP contribution in [0.25, 0.3) is 0 Å². The molecule has 0 saturated carbocycles. The third-order valence-corrected chi connectivity index (χ3v) is 8.89. The van der Waals surface area contributed by atoms with Crippen LogP contribution in [-0.4, -0.2) is 5.78 Å². The fourth-order valence-corrected chi connectivity index (χ4v) is 7.53. The van der Waals surface area contributed by atoms with Crippen LogP contribution in [-0.2, 0) is 17.6 Å². The summed E-state index contributed by atoms with van der Waals surface area (Å²) in [5.41, 5.74) is 10.2. The molecule has 1 atom stereocenters. The Balaban J connectivity index is 1.79. The van der Waals surface area contributed by atoms with Crippen LogP contribution >= 0.6 is 22.7 Å². The van der Waals surface area contributed by atoms with E-state index in [1.54, 1.807) is 11.3 Å². The lowest BCUT2D eigenvalue weighted by atomic mass is 9.70. The Hall–Kier alpha value is -2.87. The Kier molecular flexibility index (Phi) is 5.00. The molecule has 0 spiro atoms. The summed E-state index contributed by atoms with van der Waals surface area (Å²) in [6.07, 6.45) is 5.16. The van der Waals surface area contributed by atoms with Crippen LogP contribution < -0.4 is 10.6 Å². The second-order valence-corrected chi connectivity index (χ2v) is 11.6. The number of nitrogens with zero attached hydrogens (tertiary/aromatic N) is 3. The summed E-state index contributed by atoms with van der Waals surface area (Å²) in [6.45, 7) is 4.19. The number of anilines is 1. The SMILES string of the molecule is CC1(C)CC(=O)C2=C(C1)N(c1sc3c(c1C#N)CCCC3)C(N)=C(C#N)[C@@H]2c1cccs1. The first-order valence-corrected chi connectivity index (χ1v) is 12.6. The number of nitriles is 2. The average Bonchev–Trinajstić information content (AvgIpc) is 3.39. The lowest BCUT2D eigenvalue weighted by Gasteiger charge is -2.43. The van der Waals surface area contributed by atoms with Crippen molar-refractivity contribution in [1.82, 2.24) is 0 Å². The van der Waals surface area contributed by atoms with Gasteiger partial charge in [0.1, 0.15) is 16.9 Å². The Bertz CT molecular complexity index is 1260. The molecule has 3 aliphatic rings. The van der Waals surface area contributed by atoms with Crippen LogP contribution in [0.2, 0.25) is 0 Å². The number of rotatable bonds is 2. The predicted molar refractivity (Wildman–Crippen MR) is 127 cm³/mol. The van der Waals surface area contributed by atoms with Crippen LogP contribution in [0.5, 0.6) is 0 Å². The Morgan fingerprint density at radius 3 is 2.66 bits per heavy atom. The van der Waals surface area contributed by atoms with Gasteiger partial charge in [0.25, 0.3) is 0 Å². The lowest BCUT2D eigenvalue weighted by molar-refractivity contribution is -0.118. The van der Waals surface area contributed by atoms with E-state index in [-0.39, 0.29) is 11.2 Å². The molecule has 0 bridgehead atoms. The molecule has 2 N–H and O–H groups in total. The quantitative estimate of drug-likeness (QED) is 0.638. The van der Waals surface area contributed by atoms with Crippen LogP contribution in [0.3, 0.4) is 0 Å². The van der Waals surface area contributed by atoms with E-state index in [9.17, 15) is 15.3 Å². The molecule has 3 heterocycles. The monoisotopic (exact) mass is 460 g/mol. The highest BCUT2D eigenvalue weighted by atomic mass is 32.1. The number of hydrogen-bond acceptors (Lipinski definition) is 7. The minimum absolute atomic E-state index is 0.0692. The first-order valence-electron chi connectivity index (χ1n) is 10.9. The molecule has 0 unspecified atom stereocenters. The van der Waals surface area contributed by atoms with Gasteiger partial charge in [0.05, 0.1) is 23.1 Å². The van der Waals surface area contributed by atoms with E-state index in [0.717, 1.165) is 46.8 Å². The molecule has 0 radical (unpaired) electrons. The third-order valence-electron chi connectivity index (χ3n) is 6.68. The molecule has 2 aromatic rings. The van der Waals surface area contributed by atoms with Crippen molar-refractivity contribution >= 4 is 33.5 Å². The summed E-state index contributed by atoms with van der Waals surface area (Å²) >= 11 is 3.14. The van der Waals surface area contributed by atoms with Crippen molar-refractivity contribution < 1.29 is 4.79 Å². The van der Waals surface area contributed by atoms with Gasteiger partial charge in [-0.1, -0.05) is 19.9 Å². The first kappa shape index (κ1) is 21.0. The van der Waals surface area contributed by atoms with Gasteiger partial charge in [-0.05, 0) is 54.5 Å². The van der Waals surface area contributed by atoms with Gasteiger partial charge in [-0.15, -0.1) is 22.7 Å². The molecule has 2 aliphatic carbocycles. The van der Waals surface area contributed by atoms with E-state index in [2.05, 4.69) is 26.0 Å². The van der Waals surface area contributed by atoms with Gasteiger partial charge >= 0.3 is 0 Å². The third kappa shape index (κ3) is 3.11. The van der Waals surface area contributed by atoms with E-state index >= 15 is 0 Å². The highest BCUT2D eigenvalue weighted by molar-refractivity contribution is 7.16. The number of aryl methyl sites for hydroxylation is 1. The molecule has 5 nitrogen and oxygen atoms in total. The fourth-order valence-electron chi connectivity index (χ4n) is 5.31. The molecule has 0 fully saturated rings. The number of Topliss-reactive ketones (excluding diaryl/α,β-unsaturated/α-hetero) is 1. The highest BCUT2D eigenvalue weighted by Crippen LogP contribution is 2.53. The number of carbonyl (C=O) groups excluding carboxylic acids is 1. The van der Waals surface area contributed by atoms with Gasteiger partial charge in [0, 0.05) is 27.4 Å². The number of nitrogens with two attached hydrogens (primary N) is 1. The molecule has 162 valence electrons. The summed E-state index contributed by atoms with van der Waals surface area (Å²) in [4.78, 5) is 17.6. The normalized spacial score (nSPS) is 22.3. The van der Waals surface area contributed by atoms with Crippen LogP contribution in [0.1, 0.15) is 66.3 Å². The zero-order valence-electron chi connectivity index (χ0n) is 18.2. The van der Waals surface area contributed by atoms with Crippen molar-refractivity contribution in [2.75, 3.05) is 4.90 Å². The zero-order valence-corrected chi connectivity index (χ0v) is 19.8. The van der Waals surface area contributed by atoms with Crippen molar-refractivity contribution in [2.45, 2.75) is 58.3 Å². The molecule has 0 saturated heterocycles. The molecule has 0 amide bonds. The topological polar surface area (TPSA) is 93.9 Å². The molecular formula is C25H24N4OS2. The zero-order chi connectivity index (χ0) is 22.6. The Morgan fingerprint density at radius 2 is 1.97 bits per heavy atom. The van der Waals surface area contributed by atoms with Gasteiger partial charge in [0.2, 0.25) is 0 Å². The summed E-state index contributed by atoms with van der Waals surface area (Å²) in [5, 5.41) is 23.0. The van der Waals surface area contributed by atoms with Gasteiger partial charge in [0.15, 0.2) is 5.78 Å². The number of hydrogen-bond donors (Lipinski definition) is 1. The summed E-state index contributed by atoms with van der Waals surface area (Å²) < 4.78 is 0. The van der Waals surface area contributed by atoms with Gasteiger partial charge < -0.3 is 5.73 Å². The Labute approximate surface area is 196 Å². The number of fused-ring (bicyclic) bond motifs is 1. The first-order chi connectivity index (χ1) is 15.4. The molecule has 0 aromatic carbocycles. The van der Waals surface area contributed by atoms with Gasteiger partial charge in [-0.25, -0.2) is 0 Å². The smallest absolute Gasteiger partial charge is 0.162 e. The maximum absolute atomic E-state index is 13.5. The minimum Gasteiger partial charge on any atom is -0.384 e. The summed E-state index contributed by atoms with van der Waals surface area (Å²) in [7, 11) is 0. The van der Waals surface area contributed by atoms with Gasteiger partial charge in [-0.3, -0.25) is 9.69 Å². The highest BCUT2D eigenvalue weighted by Gasteiger charge is 2.46. The fraction of sp³-hybridized carbons (Fsp3) is 0.400. The van der Waals surface area contributed by atoms with Crippen molar-refractivity contribution in [2.24, 2.45) is 11.1 Å². The Morgan fingerprint density at radius 1 is 1.19 bits per heavy atom. The number of ketones is 1. The van der Waals surface area contributed by atoms with Crippen LogP contribution in [0.4, 0.5) is 5.00 Å². The van der Waals surface area contributed by atoms with E-state index in [4.69, 9.17) is 5.73 Å². The van der Waals surface area contributed by atoms with E-state index in [0.29, 0.717) is 35.4 Å². The van der Waals surface area contributed by atoms with Crippen LogP contribution in [0, 0.1) is 28.1 Å². The predicted octanol–water partition coefficient (Wildman–Crippen LogP) is 5.50. The van der Waals surface area contributed by atoms with Crippen molar-refractivity contribution in [3.05, 3.63) is 61.1 Å². The standard InChI is InChI=1S/C25H24N4OS2/c1-25(2)10-17-22(18(30)11-25)21(20-8-5-9-31-20)16(13-27)23(28)29(17)24-15(12-26)14-6-3-4-7-19(14)32-24/h5,8-9,21H,3-4,6-7,10-11,28H2,1-2H3/t21-/m1/s1. The minimum atomic E-state index is -0.435.